The van der Waals surface area contributed by atoms with Crippen LogP contribution in [0, 0.1) is 5.92 Å². The molecule has 0 bridgehead atoms. The summed E-state index contributed by atoms with van der Waals surface area (Å²) in [7, 11) is -3.70. The molecule has 0 saturated carbocycles. The molecule has 0 aliphatic carbocycles. The molecule has 2 aromatic rings. The normalized spacial score (nSPS) is 20.4. The van der Waals surface area contributed by atoms with Crippen LogP contribution in [0.5, 0.6) is 0 Å². The van der Waals surface area contributed by atoms with E-state index in [1.165, 1.54) is 12.3 Å². The van der Waals surface area contributed by atoms with E-state index in [-0.39, 0.29) is 21.6 Å². The Hall–Kier alpha value is -2.79. The van der Waals surface area contributed by atoms with Gasteiger partial charge in [-0.05, 0) is 25.0 Å². The Morgan fingerprint density at radius 1 is 1.29 bits per heavy atom. The van der Waals surface area contributed by atoms with E-state index < -0.39 is 15.9 Å². The number of aromatic nitrogens is 1. The minimum absolute atomic E-state index is 0.193. The maximum Gasteiger partial charge on any atom is 0.285 e. The molecular weight excluding hydrogens is 402 g/mol. The average Bonchev–Trinajstić information content (AvgIpc) is 3.25. The second kappa shape index (κ2) is 6.99. The van der Waals surface area contributed by atoms with E-state index in [1.54, 1.807) is 18.2 Å². The molecule has 2 aliphatic heterocycles. The molecule has 1 aromatic heterocycles. The maximum atomic E-state index is 12.6. The van der Waals surface area contributed by atoms with Gasteiger partial charge in [0.2, 0.25) is 5.91 Å². The number of rotatable bonds is 3. The van der Waals surface area contributed by atoms with Crippen molar-refractivity contribution in [2.24, 2.45) is 16.0 Å². The van der Waals surface area contributed by atoms with Crippen LogP contribution >= 0.6 is 11.3 Å². The summed E-state index contributed by atoms with van der Waals surface area (Å²) >= 11 is 1.02. The van der Waals surface area contributed by atoms with Gasteiger partial charge in [-0.25, -0.2) is 4.98 Å². The summed E-state index contributed by atoms with van der Waals surface area (Å²) < 4.78 is 28.5. The summed E-state index contributed by atoms with van der Waals surface area (Å²) in [6.07, 6.45) is 2.71. The summed E-state index contributed by atoms with van der Waals surface area (Å²) in [6, 6.07) is 6.69. The van der Waals surface area contributed by atoms with E-state index >= 15 is 0 Å². The Balaban J connectivity index is 1.50. The number of sulfonamides is 1. The molecule has 2 amide bonds. The van der Waals surface area contributed by atoms with Crippen LogP contribution < -0.4 is 11.1 Å². The molecule has 1 atom stereocenters. The molecule has 3 heterocycles. The van der Waals surface area contributed by atoms with Crippen molar-refractivity contribution in [2.45, 2.75) is 17.7 Å². The van der Waals surface area contributed by atoms with Crippen LogP contribution in [0.15, 0.2) is 39.8 Å². The van der Waals surface area contributed by atoms with Gasteiger partial charge in [0.1, 0.15) is 9.77 Å². The highest BCUT2D eigenvalue weighted by Gasteiger charge is 2.35. The van der Waals surface area contributed by atoms with Gasteiger partial charge in [-0.1, -0.05) is 23.5 Å². The molecule has 1 aromatic carbocycles. The summed E-state index contributed by atoms with van der Waals surface area (Å²) in [4.78, 5) is 30.1. The molecule has 0 radical (unpaired) electrons. The van der Waals surface area contributed by atoms with Crippen LogP contribution in [0.1, 0.15) is 28.1 Å². The molecule has 11 heteroatoms. The van der Waals surface area contributed by atoms with Crippen molar-refractivity contribution in [1.82, 2.24) is 9.88 Å². The molecule has 4 rings (SSSR count). The van der Waals surface area contributed by atoms with Crippen molar-refractivity contribution in [2.75, 3.05) is 18.4 Å². The third-order valence-electron chi connectivity index (χ3n) is 4.68. The lowest BCUT2D eigenvalue weighted by Gasteiger charge is -2.33. The second-order valence-corrected chi connectivity index (χ2v) is 9.16. The van der Waals surface area contributed by atoms with Crippen molar-refractivity contribution < 1.29 is 18.0 Å². The lowest BCUT2D eigenvalue weighted by atomic mass is 9.96. The molecule has 2 aliphatic rings. The lowest BCUT2D eigenvalue weighted by molar-refractivity contribution is -0.121. The number of likely N-dealkylation sites (tertiary alicyclic amines) is 1. The standard InChI is InChI=1S/C17H17N5O4S2/c18-14(23)12-8-19-17(27-12)20-16(24)10-4-3-7-22(9-10)15-11-5-1-2-6-13(11)28(25,26)21-15/h1-2,5-6,8,10H,3-4,7,9H2,(H2,18,23)(H,19,20,24)/t10-/m0/s1. The number of amides is 2. The molecule has 0 spiro atoms. The number of fused-ring (bicyclic) bond motifs is 1. The van der Waals surface area contributed by atoms with E-state index in [0.29, 0.717) is 36.0 Å². The Labute approximate surface area is 165 Å². The van der Waals surface area contributed by atoms with E-state index in [4.69, 9.17) is 5.73 Å². The summed E-state index contributed by atoms with van der Waals surface area (Å²) in [5, 5.41) is 3.02. The van der Waals surface area contributed by atoms with Crippen LogP contribution in [0.2, 0.25) is 0 Å². The smallest absolute Gasteiger partial charge is 0.285 e. The van der Waals surface area contributed by atoms with Crippen molar-refractivity contribution in [3.8, 4) is 0 Å². The average molecular weight is 419 g/mol. The fourth-order valence-corrected chi connectivity index (χ4v) is 5.25. The number of hydrogen-bond donors (Lipinski definition) is 2. The number of carbonyl (C=O) groups excluding carboxylic acids is 2. The molecule has 1 saturated heterocycles. The number of carbonyl (C=O) groups is 2. The van der Waals surface area contributed by atoms with E-state index in [9.17, 15) is 18.0 Å². The van der Waals surface area contributed by atoms with Gasteiger partial charge in [0.05, 0.1) is 12.1 Å². The van der Waals surface area contributed by atoms with E-state index in [1.807, 2.05) is 4.90 Å². The van der Waals surface area contributed by atoms with Crippen LogP contribution in [-0.2, 0) is 14.8 Å². The zero-order valence-corrected chi connectivity index (χ0v) is 16.3. The number of anilines is 1. The molecule has 146 valence electrons. The van der Waals surface area contributed by atoms with Gasteiger partial charge in [0.15, 0.2) is 11.0 Å². The Morgan fingerprint density at radius 2 is 2.07 bits per heavy atom. The van der Waals surface area contributed by atoms with Crippen LogP contribution in [0.4, 0.5) is 5.13 Å². The molecular formula is C17H17N5O4S2. The first-order chi connectivity index (χ1) is 13.3. The van der Waals surface area contributed by atoms with E-state index in [2.05, 4.69) is 14.7 Å². The minimum atomic E-state index is -3.70. The van der Waals surface area contributed by atoms with Gasteiger partial charge in [0.25, 0.3) is 15.9 Å². The van der Waals surface area contributed by atoms with Crippen molar-refractivity contribution in [3.63, 3.8) is 0 Å². The highest BCUT2D eigenvalue weighted by atomic mass is 32.2. The van der Waals surface area contributed by atoms with Gasteiger partial charge >= 0.3 is 0 Å². The first-order valence-corrected chi connectivity index (χ1v) is 10.9. The maximum absolute atomic E-state index is 12.6. The number of amidine groups is 1. The van der Waals surface area contributed by atoms with Gasteiger partial charge in [0, 0.05) is 18.7 Å². The lowest BCUT2D eigenvalue weighted by Crippen LogP contribution is -2.43. The van der Waals surface area contributed by atoms with Crippen molar-refractivity contribution in [3.05, 3.63) is 40.9 Å². The summed E-state index contributed by atoms with van der Waals surface area (Å²) in [5.74, 6) is -0.794. The quantitative estimate of drug-likeness (QED) is 0.763. The predicted molar refractivity (Wildman–Crippen MR) is 104 cm³/mol. The third kappa shape index (κ3) is 3.38. The zero-order chi connectivity index (χ0) is 19.9. The van der Waals surface area contributed by atoms with E-state index in [0.717, 1.165) is 17.8 Å². The first kappa shape index (κ1) is 18.6. The number of nitrogens with two attached hydrogens (primary N) is 1. The number of thiazole rings is 1. The van der Waals surface area contributed by atoms with Gasteiger partial charge in [-0.3, -0.25) is 9.59 Å². The Kier molecular flexibility index (Phi) is 4.63. The summed E-state index contributed by atoms with van der Waals surface area (Å²) in [5.41, 5.74) is 5.76. The first-order valence-electron chi connectivity index (χ1n) is 8.61. The van der Waals surface area contributed by atoms with Crippen molar-refractivity contribution >= 4 is 44.1 Å². The topological polar surface area (TPSA) is 135 Å². The number of piperidine rings is 1. The number of hydrogen-bond acceptors (Lipinski definition) is 7. The minimum Gasteiger partial charge on any atom is -0.365 e. The predicted octanol–water partition coefficient (Wildman–Crippen LogP) is 1.04. The highest BCUT2D eigenvalue weighted by molar-refractivity contribution is 7.90. The van der Waals surface area contributed by atoms with Gasteiger partial charge < -0.3 is 16.0 Å². The monoisotopic (exact) mass is 419 g/mol. The Morgan fingerprint density at radius 3 is 2.82 bits per heavy atom. The highest BCUT2D eigenvalue weighted by Crippen LogP contribution is 2.30. The van der Waals surface area contributed by atoms with Crippen LogP contribution in [-0.4, -0.2) is 49.0 Å². The van der Waals surface area contributed by atoms with Gasteiger partial charge in [-0.15, -0.1) is 4.40 Å². The molecule has 1 fully saturated rings. The van der Waals surface area contributed by atoms with Gasteiger partial charge in [-0.2, -0.15) is 8.42 Å². The third-order valence-corrected chi connectivity index (χ3v) is 6.94. The van der Waals surface area contributed by atoms with Crippen molar-refractivity contribution in [1.29, 1.82) is 0 Å². The zero-order valence-electron chi connectivity index (χ0n) is 14.7. The summed E-state index contributed by atoms with van der Waals surface area (Å²) in [6.45, 7) is 0.970. The largest absolute Gasteiger partial charge is 0.365 e. The fraction of sp³-hybridized carbons (Fsp3) is 0.294. The molecule has 3 N–H and O–H groups in total. The molecule has 0 unspecified atom stereocenters. The number of benzene rings is 1. The SMILES string of the molecule is NC(=O)c1cnc(NC(=O)[C@H]2CCCN(C3=NS(=O)(=O)c4ccccc43)C2)s1. The number of nitrogens with zero attached hydrogens (tertiary/aromatic N) is 3. The fourth-order valence-electron chi connectivity index (χ4n) is 3.35. The molecule has 9 nitrogen and oxygen atoms in total. The number of primary amides is 1. The van der Waals surface area contributed by atoms with Crippen LogP contribution in [0.25, 0.3) is 0 Å². The number of nitrogens with one attached hydrogen (secondary N) is 1. The molecule has 28 heavy (non-hydrogen) atoms. The Bertz CT molecular complexity index is 1090. The van der Waals surface area contributed by atoms with Crippen LogP contribution in [0.3, 0.4) is 0 Å². The second-order valence-electron chi connectivity index (χ2n) is 6.55.